The molecule has 5 nitrogen and oxygen atoms in total. The second-order valence-corrected chi connectivity index (χ2v) is 8.32. The summed E-state index contributed by atoms with van der Waals surface area (Å²) in [7, 11) is 0. The average molecular weight is 394 g/mol. The van der Waals surface area contributed by atoms with E-state index in [9.17, 15) is 10.1 Å². The van der Waals surface area contributed by atoms with Crippen molar-refractivity contribution in [1.82, 2.24) is 9.55 Å². The van der Waals surface area contributed by atoms with Crippen LogP contribution >= 0.6 is 11.3 Å². The molecule has 1 aliphatic carbocycles. The van der Waals surface area contributed by atoms with Crippen molar-refractivity contribution in [2.45, 2.75) is 57.7 Å². The van der Waals surface area contributed by atoms with Crippen molar-refractivity contribution in [3.63, 3.8) is 0 Å². The molecule has 3 aromatic rings. The Bertz CT molecular complexity index is 1040. The first-order valence-electron chi connectivity index (χ1n) is 10.0. The molecule has 2 heterocycles. The third-order valence-electron chi connectivity index (χ3n) is 5.62. The van der Waals surface area contributed by atoms with Gasteiger partial charge in [0.05, 0.1) is 17.5 Å². The van der Waals surface area contributed by atoms with Crippen molar-refractivity contribution in [3.05, 3.63) is 51.9 Å². The summed E-state index contributed by atoms with van der Waals surface area (Å²) in [4.78, 5) is 18.8. The van der Waals surface area contributed by atoms with E-state index in [0.29, 0.717) is 23.8 Å². The lowest BCUT2D eigenvalue weighted by molar-refractivity contribution is -0.706. The lowest BCUT2D eigenvalue weighted by Crippen LogP contribution is -2.88. The summed E-state index contributed by atoms with van der Waals surface area (Å²) in [5, 5.41) is 14.2. The summed E-state index contributed by atoms with van der Waals surface area (Å²) >= 11 is 1.51. The van der Waals surface area contributed by atoms with Gasteiger partial charge in [-0.25, -0.2) is 4.98 Å². The fraction of sp³-hybridized carbons (Fsp3) is 0.409. The molecule has 0 aliphatic heterocycles. The molecule has 144 valence electrons. The van der Waals surface area contributed by atoms with Gasteiger partial charge < -0.3 is 5.32 Å². The molecular formula is C22H25N4OS+. The van der Waals surface area contributed by atoms with Gasteiger partial charge in [-0.3, -0.25) is 9.36 Å². The molecule has 2 N–H and O–H groups in total. The predicted octanol–water partition coefficient (Wildman–Crippen LogP) is 3.43. The molecular weight excluding hydrogens is 368 g/mol. The number of rotatable bonds is 5. The summed E-state index contributed by atoms with van der Waals surface area (Å²) < 4.78 is 1.56. The van der Waals surface area contributed by atoms with Crippen LogP contribution in [-0.4, -0.2) is 15.6 Å². The van der Waals surface area contributed by atoms with E-state index in [0.717, 1.165) is 16.0 Å². The highest BCUT2D eigenvalue weighted by atomic mass is 32.1. The average Bonchev–Trinajstić information content (AvgIpc) is 2.97. The zero-order valence-corrected chi connectivity index (χ0v) is 16.8. The van der Waals surface area contributed by atoms with E-state index in [-0.39, 0.29) is 12.1 Å². The highest BCUT2D eigenvalue weighted by Gasteiger charge is 2.20. The molecule has 1 aromatic carbocycles. The molecule has 2 aromatic heterocycles. The van der Waals surface area contributed by atoms with Crippen LogP contribution < -0.4 is 10.9 Å². The van der Waals surface area contributed by atoms with Crippen molar-refractivity contribution < 1.29 is 5.32 Å². The molecule has 4 rings (SSSR count). The van der Waals surface area contributed by atoms with E-state index in [1.165, 1.54) is 49.9 Å². The Morgan fingerprint density at radius 2 is 1.93 bits per heavy atom. The summed E-state index contributed by atoms with van der Waals surface area (Å²) in [5.41, 5.74) is 1.81. The van der Waals surface area contributed by atoms with Crippen molar-refractivity contribution in [3.8, 4) is 17.2 Å². The zero-order chi connectivity index (χ0) is 19.3. The van der Waals surface area contributed by atoms with Crippen LogP contribution in [0.2, 0.25) is 0 Å². The van der Waals surface area contributed by atoms with Gasteiger partial charge >= 0.3 is 0 Å². The number of nitrogens with zero attached hydrogens (tertiary/aromatic N) is 3. The quantitative estimate of drug-likeness (QED) is 0.675. The molecule has 28 heavy (non-hydrogen) atoms. The number of hydrogen-bond acceptors (Lipinski definition) is 4. The molecule has 1 saturated carbocycles. The number of hydrogen-bond donors (Lipinski definition) is 1. The fourth-order valence-electron chi connectivity index (χ4n) is 4.10. The van der Waals surface area contributed by atoms with E-state index in [1.54, 1.807) is 4.57 Å². The minimum atomic E-state index is -0.101. The lowest BCUT2D eigenvalue weighted by atomic mass is 10.1. The van der Waals surface area contributed by atoms with Crippen LogP contribution in [0.1, 0.15) is 44.3 Å². The number of quaternary nitrogens is 1. The first kappa shape index (κ1) is 18.9. The Hall–Kier alpha value is -2.49. The van der Waals surface area contributed by atoms with E-state index in [4.69, 9.17) is 4.98 Å². The Kier molecular flexibility index (Phi) is 5.84. The van der Waals surface area contributed by atoms with Crippen molar-refractivity contribution >= 4 is 21.6 Å². The molecule has 0 atom stereocenters. The number of thiophene rings is 1. The fourth-order valence-corrected chi connectivity index (χ4v) is 5.06. The topological polar surface area (TPSA) is 75.3 Å². The first-order valence-corrected chi connectivity index (χ1v) is 10.9. The lowest BCUT2D eigenvalue weighted by Gasteiger charge is -2.14. The predicted molar refractivity (Wildman–Crippen MR) is 112 cm³/mol. The maximum atomic E-state index is 13.3. The molecule has 0 saturated heterocycles. The first-order chi connectivity index (χ1) is 13.8. The molecule has 0 radical (unpaired) electrons. The zero-order valence-electron chi connectivity index (χ0n) is 15.9. The van der Waals surface area contributed by atoms with E-state index >= 15 is 0 Å². The Balaban J connectivity index is 1.70. The van der Waals surface area contributed by atoms with Gasteiger partial charge in [-0.05, 0) is 31.2 Å². The monoisotopic (exact) mass is 393 g/mol. The molecule has 0 unspecified atom stereocenters. The second kappa shape index (κ2) is 8.68. The Morgan fingerprint density at radius 3 is 2.64 bits per heavy atom. The summed E-state index contributed by atoms with van der Waals surface area (Å²) in [6, 6.07) is 12.6. The third kappa shape index (κ3) is 3.87. The Labute approximate surface area is 168 Å². The largest absolute Gasteiger partial charge is 0.338 e. The van der Waals surface area contributed by atoms with Gasteiger partial charge in [0.1, 0.15) is 17.9 Å². The minimum Gasteiger partial charge on any atom is -0.338 e. The molecule has 6 heteroatoms. The number of benzene rings is 1. The van der Waals surface area contributed by atoms with Gasteiger partial charge in [0, 0.05) is 10.9 Å². The van der Waals surface area contributed by atoms with Gasteiger partial charge in [-0.15, -0.1) is 11.3 Å². The van der Waals surface area contributed by atoms with Crippen LogP contribution in [0.3, 0.4) is 0 Å². The summed E-state index contributed by atoms with van der Waals surface area (Å²) in [6.07, 6.45) is 7.66. The molecule has 0 amide bonds. The number of aromatic nitrogens is 2. The van der Waals surface area contributed by atoms with Crippen LogP contribution in [0.4, 0.5) is 0 Å². The standard InChI is InChI=1S/C22H24N4OS/c23-12-13-26-19(14-24-17-10-6-1-2-7-11-17)25-21-20(22(26)27)18(15-28-21)16-8-4-3-5-9-16/h3-5,8-9,15,17,24H,1-2,6-7,10-11,13-14H2/p+1. The van der Waals surface area contributed by atoms with Gasteiger partial charge in [0.15, 0.2) is 5.82 Å². The van der Waals surface area contributed by atoms with Crippen LogP contribution in [0.15, 0.2) is 40.5 Å². The maximum absolute atomic E-state index is 13.3. The maximum Gasteiger partial charge on any atom is 0.264 e. The van der Waals surface area contributed by atoms with Gasteiger partial charge in [-0.2, -0.15) is 5.26 Å². The van der Waals surface area contributed by atoms with E-state index < -0.39 is 0 Å². The smallest absolute Gasteiger partial charge is 0.264 e. The van der Waals surface area contributed by atoms with Gasteiger partial charge in [0.2, 0.25) is 0 Å². The SMILES string of the molecule is N#CCn1c(C[NH2+]C2CCCCCC2)nc2scc(-c3ccccc3)c2c1=O. The van der Waals surface area contributed by atoms with Crippen LogP contribution in [0, 0.1) is 11.3 Å². The highest BCUT2D eigenvalue weighted by molar-refractivity contribution is 7.17. The van der Waals surface area contributed by atoms with Crippen molar-refractivity contribution in [2.24, 2.45) is 0 Å². The van der Waals surface area contributed by atoms with Crippen LogP contribution in [0.25, 0.3) is 21.3 Å². The van der Waals surface area contributed by atoms with Crippen molar-refractivity contribution in [2.75, 3.05) is 0 Å². The normalized spacial score (nSPS) is 15.4. The van der Waals surface area contributed by atoms with E-state index in [2.05, 4.69) is 11.4 Å². The van der Waals surface area contributed by atoms with Gasteiger partial charge in [0.25, 0.3) is 5.56 Å². The number of nitriles is 1. The van der Waals surface area contributed by atoms with Gasteiger partial charge in [-0.1, -0.05) is 43.2 Å². The molecule has 1 fully saturated rings. The summed E-state index contributed by atoms with van der Waals surface area (Å²) in [6.45, 7) is 0.690. The van der Waals surface area contributed by atoms with Crippen LogP contribution in [-0.2, 0) is 13.1 Å². The highest BCUT2D eigenvalue weighted by Crippen LogP contribution is 2.30. The van der Waals surface area contributed by atoms with Crippen molar-refractivity contribution in [1.29, 1.82) is 5.26 Å². The van der Waals surface area contributed by atoms with E-state index in [1.807, 2.05) is 35.7 Å². The third-order valence-corrected chi connectivity index (χ3v) is 6.49. The molecule has 0 bridgehead atoms. The molecule has 1 aliphatic rings. The number of fused-ring (bicyclic) bond motifs is 1. The van der Waals surface area contributed by atoms with Crippen LogP contribution in [0.5, 0.6) is 0 Å². The minimum absolute atomic E-state index is 0.0414. The second-order valence-electron chi connectivity index (χ2n) is 7.46. The summed E-state index contributed by atoms with van der Waals surface area (Å²) in [5.74, 6) is 0.713. The Morgan fingerprint density at radius 1 is 1.18 bits per heavy atom. The molecule has 0 spiro atoms. The number of nitrogens with two attached hydrogens (primary N) is 1.